The molecule has 33 heavy (non-hydrogen) atoms. The van der Waals surface area contributed by atoms with Crippen molar-refractivity contribution in [1.29, 1.82) is 0 Å². The fourth-order valence-corrected chi connectivity index (χ4v) is 4.35. The minimum atomic E-state index is -0.524. The minimum Gasteiger partial charge on any atom is -0.493 e. The zero-order chi connectivity index (χ0) is 24.0. The molecule has 1 N–H and O–H groups in total. The van der Waals surface area contributed by atoms with Crippen LogP contribution in [-0.2, 0) is 11.8 Å². The van der Waals surface area contributed by atoms with E-state index in [1.165, 1.54) is 21.9 Å². The third kappa shape index (κ3) is 4.75. The van der Waals surface area contributed by atoms with Gasteiger partial charge in [-0.05, 0) is 82.8 Å². The fourth-order valence-electron chi connectivity index (χ4n) is 4.35. The Morgan fingerprint density at radius 3 is 2.55 bits per heavy atom. The lowest BCUT2D eigenvalue weighted by Crippen LogP contribution is -2.46. The van der Waals surface area contributed by atoms with Crippen molar-refractivity contribution in [3.05, 3.63) is 48.3 Å². The van der Waals surface area contributed by atoms with Crippen LogP contribution in [0.5, 0.6) is 5.75 Å². The molecule has 4 rings (SSSR count). The van der Waals surface area contributed by atoms with Crippen LogP contribution >= 0.6 is 0 Å². The van der Waals surface area contributed by atoms with Crippen molar-refractivity contribution < 1.29 is 14.3 Å². The zero-order valence-corrected chi connectivity index (χ0v) is 20.6. The summed E-state index contributed by atoms with van der Waals surface area (Å²) in [4.78, 5) is 16.4. The number of carbonyl (C=O) groups is 1. The molecule has 0 aliphatic carbocycles. The molecular formula is C27H33N3O3. The number of rotatable bonds is 5. The lowest BCUT2D eigenvalue weighted by atomic mass is 10.0. The summed E-state index contributed by atoms with van der Waals surface area (Å²) in [7, 11) is 2.11. The van der Waals surface area contributed by atoms with E-state index in [2.05, 4.69) is 53.1 Å². The van der Waals surface area contributed by atoms with Crippen LogP contribution in [-0.4, -0.2) is 33.4 Å². The van der Waals surface area contributed by atoms with Crippen LogP contribution in [0.25, 0.3) is 32.6 Å². The monoisotopic (exact) mass is 447 g/mol. The summed E-state index contributed by atoms with van der Waals surface area (Å²) in [5.74, 6) is 0.812. The Bertz CT molecular complexity index is 1350. The second-order valence-corrected chi connectivity index (χ2v) is 10.3. The largest absolute Gasteiger partial charge is 0.493 e. The van der Waals surface area contributed by atoms with Crippen molar-refractivity contribution in [3.8, 4) is 5.75 Å². The molecule has 0 saturated heterocycles. The van der Waals surface area contributed by atoms with E-state index in [1.54, 1.807) is 0 Å². The van der Waals surface area contributed by atoms with Gasteiger partial charge in [-0.1, -0.05) is 0 Å². The Labute approximate surface area is 194 Å². The maximum absolute atomic E-state index is 12.1. The predicted octanol–water partition coefficient (Wildman–Crippen LogP) is 6.26. The summed E-state index contributed by atoms with van der Waals surface area (Å²) in [6.07, 6.45) is 3.99. The van der Waals surface area contributed by atoms with Crippen molar-refractivity contribution in [3.63, 3.8) is 0 Å². The van der Waals surface area contributed by atoms with Gasteiger partial charge in [-0.3, -0.25) is 4.98 Å². The topological polar surface area (TPSA) is 65.4 Å². The first-order chi connectivity index (χ1) is 15.5. The van der Waals surface area contributed by atoms with Gasteiger partial charge in [0, 0.05) is 53.1 Å². The molecular weight excluding hydrogens is 414 g/mol. The fraction of sp³-hybridized carbons (Fsp3) is 0.407. The van der Waals surface area contributed by atoms with E-state index < -0.39 is 17.2 Å². The molecule has 0 fully saturated rings. The smallest absolute Gasteiger partial charge is 0.408 e. The summed E-state index contributed by atoms with van der Waals surface area (Å²) in [6.45, 7) is 12.1. The Balaban J connectivity index is 1.55. The summed E-state index contributed by atoms with van der Waals surface area (Å²) < 4.78 is 13.7. The van der Waals surface area contributed by atoms with E-state index in [0.29, 0.717) is 13.0 Å². The van der Waals surface area contributed by atoms with Crippen LogP contribution in [0.15, 0.2) is 42.7 Å². The third-order valence-electron chi connectivity index (χ3n) is 5.96. The van der Waals surface area contributed by atoms with Crippen molar-refractivity contribution in [2.24, 2.45) is 7.05 Å². The van der Waals surface area contributed by atoms with E-state index in [4.69, 9.17) is 9.47 Å². The molecule has 0 radical (unpaired) electrons. The summed E-state index contributed by atoms with van der Waals surface area (Å²) in [6, 6.07) is 10.5. The molecule has 0 spiro atoms. The Kier molecular flexibility index (Phi) is 5.72. The molecule has 6 nitrogen and oxygen atoms in total. The summed E-state index contributed by atoms with van der Waals surface area (Å²) in [5, 5.41) is 7.64. The number of hydrogen-bond acceptors (Lipinski definition) is 4. The second kappa shape index (κ2) is 8.25. The van der Waals surface area contributed by atoms with E-state index >= 15 is 0 Å². The SMILES string of the molecule is Cc1c2ccncc2cc2c3cc(OCCC(C)(C)NC(=O)OC(C)(C)C)ccc3n(C)c12. The molecule has 0 aliphatic heterocycles. The molecule has 0 atom stereocenters. The van der Waals surface area contributed by atoms with Crippen LogP contribution in [0.3, 0.4) is 0 Å². The number of nitrogens with zero attached hydrogens (tertiary/aromatic N) is 2. The maximum atomic E-state index is 12.1. The van der Waals surface area contributed by atoms with E-state index in [1.807, 2.05) is 53.1 Å². The minimum absolute atomic E-state index is 0.415. The predicted molar refractivity (Wildman–Crippen MR) is 134 cm³/mol. The number of fused-ring (bicyclic) bond motifs is 4. The van der Waals surface area contributed by atoms with Crippen LogP contribution in [0, 0.1) is 6.92 Å². The molecule has 6 heteroatoms. The zero-order valence-electron chi connectivity index (χ0n) is 20.6. The molecule has 2 aromatic heterocycles. The number of aromatic nitrogens is 2. The summed E-state index contributed by atoms with van der Waals surface area (Å²) in [5.41, 5.74) is 2.67. The van der Waals surface area contributed by atoms with Gasteiger partial charge in [-0.25, -0.2) is 4.79 Å². The van der Waals surface area contributed by atoms with Crippen molar-refractivity contribution >= 4 is 38.7 Å². The quantitative estimate of drug-likeness (QED) is 0.392. The number of aryl methyl sites for hydroxylation is 2. The molecule has 4 aromatic rings. The van der Waals surface area contributed by atoms with Gasteiger partial charge in [-0.2, -0.15) is 0 Å². The third-order valence-corrected chi connectivity index (χ3v) is 5.96. The number of carbonyl (C=O) groups excluding carboxylic acids is 1. The van der Waals surface area contributed by atoms with Gasteiger partial charge in [0.1, 0.15) is 11.4 Å². The first-order valence-corrected chi connectivity index (χ1v) is 11.3. The van der Waals surface area contributed by atoms with Gasteiger partial charge in [0.25, 0.3) is 0 Å². The molecule has 0 bridgehead atoms. The highest BCUT2D eigenvalue weighted by Crippen LogP contribution is 2.36. The van der Waals surface area contributed by atoms with Gasteiger partial charge in [0.2, 0.25) is 0 Å². The van der Waals surface area contributed by atoms with Crippen LogP contribution in [0.1, 0.15) is 46.6 Å². The number of alkyl carbamates (subject to hydrolysis) is 1. The Hall–Kier alpha value is -3.28. The highest BCUT2D eigenvalue weighted by Gasteiger charge is 2.24. The molecule has 1 amide bonds. The van der Waals surface area contributed by atoms with E-state index in [9.17, 15) is 4.79 Å². The van der Waals surface area contributed by atoms with Gasteiger partial charge >= 0.3 is 6.09 Å². The van der Waals surface area contributed by atoms with Crippen LogP contribution < -0.4 is 10.1 Å². The average Bonchev–Trinajstić information content (AvgIpc) is 2.98. The summed E-state index contributed by atoms with van der Waals surface area (Å²) >= 11 is 0. The second-order valence-electron chi connectivity index (χ2n) is 10.3. The van der Waals surface area contributed by atoms with E-state index in [-0.39, 0.29) is 0 Å². The Morgan fingerprint density at radius 1 is 1.06 bits per heavy atom. The van der Waals surface area contributed by atoms with Crippen molar-refractivity contribution in [2.75, 3.05) is 6.61 Å². The lowest BCUT2D eigenvalue weighted by Gasteiger charge is -2.28. The number of benzene rings is 2. The van der Waals surface area contributed by atoms with Crippen LogP contribution in [0.4, 0.5) is 4.79 Å². The number of pyridine rings is 1. The van der Waals surface area contributed by atoms with Gasteiger partial charge < -0.3 is 19.4 Å². The standard InChI is InChI=1S/C27H33N3O3/c1-17-20-10-12-28-16-18(20)14-22-21-15-19(8-9-23(21)30(7)24(17)22)32-13-11-27(5,6)29-25(31)33-26(2,3)4/h8-10,12,14-16H,11,13H2,1-7H3,(H,29,31). The van der Waals surface area contributed by atoms with Gasteiger partial charge in [0.05, 0.1) is 12.1 Å². The number of amides is 1. The number of nitrogens with one attached hydrogen (secondary N) is 1. The van der Waals surface area contributed by atoms with Gasteiger partial charge in [0.15, 0.2) is 0 Å². The van der Waals surface area contributed by atoms with Crippen LogP contribution in [0.2, 0.25) is 0 Å². The van der Waals surface area contributed by atoms with E-state index in [0.717, 1.165) is 22.0 Å². The number of hydrogen-bond donors (Lipinski definition) is 1. The highest BCUT2D eigenvalue weighted by atomic mass is 16.6. The van der Waals surface area contributed by atoms with Gasteiger partial charge in [-0.15, -0.1) is 0 Å². The molecule has 0 unspecified atom stereocenters. The van der Waals surface area contributed by atoms with Crippen molar-refractivity contribution in [2.45, 2.75) is 59.1 Å². The number of ether oxygens (including phenoxy) is 2. The molecule has 0 aliphatic rings. The Morgan fingerprint density at radius 2 is 1.82 bits per heavy atom. The highest BCUT2D eigenvalue weighted by molar-refractivity contribution is 6.14. The maximum Gasteiger partial charge on any atom is 0.408 e. The molecule has 0 saturated carbocycles. The first-order valence-electron chi connectivity index (χ1n) is 11.3. The normalized spacial score (nSPS) is 12.5. The molecule has 2 aromatic carbocycles. The first kappa shape index (κ1) is 22.9. The average molecular weight is 448 g/mol. The lowest BCUT2D eigenvalue weighted by molar-refractivity contribution is 0.0461. The molecule has 2 heterocycles. The molecule has 174 valence electrons. The van der Waals surface area contributed by atoms with Crippen molar-refractivity contribution in [1.82, 2.24) is 14.9 Å².